The van der Waals surface area contributed by atoms with Gasteiger partial charge in [-0.2, -0.15) is 0 Å². The van der Waals surface area contributed by atoms with Gasteiger partial charge in [0, 0.05) is 18.5 Å². The quantitative estimate of drug-likeness (QED) is 0.224. The highest BCUT2D eigenvalue weighted by atomic mass is 16.2. The van der Waals surface area contributed by atoms with E-state index >= 15 is 0 Å². The van der Waals surface area contributed by atoms with E-state index in [4.69, 9.17) is 11.7 Å². The van der Waals surface area contributed by atoms with Crippen molar-refractivity contribution in [3.05, 3.63) is 34.9 Å². The van der Waals surface area contributed by atoms with Gasteiger partial charge in [0.1, 0.15) is 0 Å². The predicted molar refractivity (Wildman–Crippen MR) is 70.4 cm³/mol. The highest BCUT2D eigenvalue weighted by Crippen LogP contribution is 2.24. The molecule has 4 amide bonds. The lowest BCUT2D eigenvalue weighted by atomic mass is 10.1. The van der Waals surface area contributed by atoms with Crippen molar-refractivity contribution in [2.45, 2.75) is 6.42 Å². The Balaban J connectivity index is 2.25. The highest BCUT2D eigenvalue weighted by Gasteiger charge is 2.35. The van der Waals surface area contributed by atoms with Crippen LogP contribution >= 0.6 is 0 Å². The molecule has 0 radical (unpaired) electrons. The molecule has 0 aromatic heterocycles. The van der Waals surface area contributed by atoms with Crippen LogP contribution in [0.5, 0.6) is 0 Å². The average Bonchev–Trinajstić information content (AvgIpc) is 2.75. The number of hydrogen-bond donors (Lipinski definition) is 4. The Morgan fingerprint density at radius 3 is 2.33 bits per heavy atom. The zero-order chi connectivity index (χ0) is 15.6. The minimum atomic E-state index is -0.570. The van der Waals surface area contributed by atoms with Crippen molar-refractivity contribution in [1.82, 2.24) is 15.8 Å². The molecule has 0 aliphatic carbocycles. The number of hydrazine groups is 2. The molecule has 110 valence electrons. The summed E-state index contributed by atoms with van der Waals surface area (Å²) in [6.45, 7) is -0.0895. The molecular weight excluding hydrogens is 278 g/mol. The maximum atomic E-state index is 12.2. The number of benzene rings is 1. The maximum absolute atomic E-state index is 12.2. The molecule has 9 heteroatoms. The summed E-state index contributed by atoms with van der Waals surface area (Å²) in [7, 11) is 0. The van der Waals surface area contributed by atoms with Gasteiger partial charge in [-0.3, -0.25) is 34.9 Å². The van der Waals surface area contributed by atoms with Gasteiger partial charge in [-0.15, -0.1) is 0 Å². The molecule has 0 saturated heterocycles. The second-order valence-electron chi connectivity index (χ2n) is 4.31. The summed E-state index contributed by atoms with van der Waals surface area (Å²) in [6, 6.07) is 4.06. The zero-order valence-electron chi connectivity index (χ0n) is 10.9. The summed E-state index contributed by atoms with van der Waals surface area (Å²) in [5.41, 5.74) is 4.31. The summed E-state index contributed by atoms with van der Waals surface area (Å²) >= 11 is 0. The molecule has 21 heavy (non-hydrogen) atoms. The molecule has 0 bridgehead atoms. The summed E-state index contributed by atoms with van der Waals surface area (Å²) in [5, 5.41) is 0. The minimum absolute atomic E-state index is 0.0895. The first-order valence-electron chi connectivity index (χ1n) is 6.00. The van der Waals surface area contributed by atoms with Crippen molar-refractivity contribution in [2.75, 3.05) is 6.54 Å². The molecule has 1 aromatic carbocycles. The first kappa shape index (κ1) is 14.6. The lowest BCUT2D eigenvalue weighted by molar-refractivity contribution is -0.121. The van der Waals surface area contributed by atoms with E-state index in [0.717, 1.165) is 4.90 Å². The molecule has 0 fully saturated rings. The molecule has 0 unspecified atom stereocenters. The van der Waals surface area contributed by atoms with E-state index in [1.807, 2.05) is 10.9 Å². The molecule has 1 aliphatic rings. The van der Waals surface area contributed by atoms with Gasteiger partial charge in [0.25, 0.3) is 17.7 Å². The van der Waals surface area contributed by atoms with Crippen LogP contribution in [0.2, 0.25) is 0 Å². The van der Waals surface area contributed by atoms with Crippen LogP contribution in [0, 0.1) is 0 Å². The number of rotatable bonds is 4. The van der Waals surface area contributed by atoms with Crippen molar-refractivity contribution in [1.29, 1.82) is 0 Å². The molecule has 6 N–H and O–H groups in total. The number of carbonyl (C=O) groups is 4. The van der Waals surface area contributed by atoms with Crippen molar-refractivity contribution in [2.24, 2.45) is 11.7 Å². The lowest BCUT2D eigenvalue weighted by Crippen LogP contribution is -2.36. The summed E-state index contributed by atoms with van der Waals surface area (Å²) in [6.07, 6.45) is -0.0991. The van der Waals surface area contributed by atoms with Gasteiger partial charge >= 0.3 is 0 Å². The van der Waals surface area contributed by atoms with Crippen LogP contribution in [0.25, 0.3) is 0 Å². The van der Waals surface area contributed by atoms with Crippen LogP contribution in [0.4, 0.5) is 0 Å². The van der Waals surface area contributed by atoms with Crippen LogP contribution in [0.3, 0.4) is 0 Å². The van der Waals surface area contributed by atoms with Crippen LogP contribution in [-0.2, 0) is 4.79 Å². The van der Waals surface area contributed by atoms with E-state index < -0.39 is 23.6 Å². The fourth-order valence-corrected chi connectivity index (χ4v) is 2.00. The van der Waals surface area contributed by atoms with Crippen LogP contribution < -0.4 is 22.5 Å². The SMILES string of the molecule is NNC(=O)CCN1C(=O)c2ccc(C(=O)NN)cc2C1=O. The normalized spacial score (nSPS) is 13.1. The summed E-state index contributed by atoms with van der Waals surface area (Å²) in [4.78, 5) is 47.7. The number of nitrogens with two attached hydrogens (primary N) is 2. The maximum Gasteiger partial charge on any atom is 0.265 e. The van der Waals surface area contributed by atoms with Gasteiger partial charge < -0.3 is 0 Å². The van der Waals surface area contributed by atoms with E-state index in [1.165, 1.54) is 18.2 Å². The predicted octanol–water partition coefficient (Wildman–Crippen LogP) is -1.73. The summed E-state index contributed by atoms with van der Waals surface area (Å²) < 4.78 is 0. The van der Waals surface area contributed by atoms with Gasteiger partial charge in [-0.05, 0) is 18.2 Å². The molecular formula is C12H13N5O4. The number of amides is 4. The van der Waals surface area contributed by atoms with Crippen LogP contribution in [0.1, 0.15) is 37.5 Å². The number of fused-ring (bicyclic) bond motifs is 1. The zero-order valence-corrected chi connectivity index (χ0v) is 10.9. The number of hydrogen-bond acceptors (Lipinski definition) is 6. The van der Waals surface area contributed by atoms with Crippen molar-refractivity contribution < 1.29 is 19.2 Å². The molecule has 0 atom stereocenters. The van der Waals surface area contributed by atoms with Crippen molar-refractivity contribution in [3.63, 3.8) is 0 Å². The minimum Gasteiger partial charge on any atom is -0.294 e. The third-order valence-corrected chi connectivity index (χ3v) is 3.09. The molecule has 1 heterocycles. The number of carbonyl (C=O) groups excluding carboxylic acids is 4. The largest absolute Gasteiger partial charge is 0.294 e. The topological polar surface area (TPSA) is 148 Å². The Morgan fingerprint density at radius 1 is 1.05 bits per heavy atom. The van der Waals surface area contributed by atoms with Gasteiger partial charge in [0.15, 0.2) is 0 Å². The Kier molecular flexibility index (Phi) is 3.96. The van der Waals surface area contributed by atoms with Crippen LogP contribution in [-0.4, -0.2) is 35.1 Å². The third kappa shape index (κ3) is 2.59. The fraction of sp³-hybridized carbons (Fsp3) is 0.167. The molecule has 2 rings (SSSR count). The van der Waals surface area contributed by atoms with E-state index in [9.17, 15) is 19.2 Å². The number of nitrogens with one attached hydrogen (secondary N) is 2. The van der Waals surface area contributed by atoms with Gasteiger partial charge in [-0.1, -0.05) is 0 Å². The standard InChI is InChI=1S/C12H13N5O4/c13-15-9(18)3-4-17-11(20)7-2-1-6(10(19)16-14)5-8(7)12(17)21/h1-2,5H,3-4,13-14H2,(H,15,18)(H,16,19). The monoisotopic (exact) mass is 291 g/mol. The van der Waals surface area contributed by atoms with Gasteiger partial charge in [0.2, 0.25) is 5.91 Å². The fourth-order valence-electron chi connectivity index (χ4n) is 2.00. The van der Waals surface area contributed by atoms with E-state index in [-0.39, 0.29) is 29.7 Å². The highest BCUT2D eigenvalue weighted by molar-refractivity contribution is 6.22. The Hall–Kier alpha value is -2.78. The third-order valence-electron chi connectivity index (χ3n) is 3.09. The van der Waals surface area contributed by atoms with Crippen molar-refractivity contribution in [3.8, 4) is 0 Å². The number of nitrogens with zero attached hydrogens (tertiary/aromatic N) is 1. The number of nitrogen functional groups attached to an aromatic ring is 1. The second kappa shape index (κ2) is 5.69. The first-order valence-corrected chi connectivity index (χ1v) is 6.00. The Bertz CT molecular complexity index is 643. The molecule has 9 nitrogen and oxygen atoms in total. The second-order valence-corrected chi connectivity index (χ2v) is 4.31. The van der Waals surface area contributed by atoms with Crippen LogP contribution in [0.15, 0.2) is 18.2 Å². The lowest BCUT2D eigenvalue weighted by Gasteiger charge is -2.12. The first-order chi connectivity index (χ1) is 9.99. The molecule has 1 aliphatic heterocycles. The molecule has 1 aromatic rings. The average molecular weight is 291 g/mol. The smallest absolute Gasteiger partial charge is 0.265 e. The van der Waals surface area contributed by atoms with Crippen molar-refractivity contribution >= 4 is 23.6 Å². The van der Waals surface area contributed by atoms with E-state index in [1.54, 1.807) is 0 Å². The Labute approximate surface area is 119 Å². The Morgan fingerprint density at radius 2 is 1.71 bits per heavy atom. The van der Waals surface area contributed by atoms with E-state index in [0.29, 0.717) is 0 Å². The van der Waals surface area contributed by atoms with E-state index in [2.05, 4.69) is 0 Å². The van der Waals surface area contributed by atoms with Gasteiger partial charge in [-0.25, -0.2) is 11.7 Å². The van der Waals surface area contributed by atoms with Gasteiger partial charge in [0.05, 0.1) is 11.1 Å². The number of imide groups is 1. The molecule has 0 spiro atoms. The molecule has 0 saturated carbocycles. The summed E-state index contributed by atoms with van der Waals surface area (Å²) in [5.74, 6) is 7.81.